The first-order valence-corrected chi connectivity index (χ1v) is 4.35. The summed E-state index contributed by atoms with van der Waals surface area (Å²) in [4.78, 5) is 34.2. The molecule has 0 fully saturated rings. The van der Waals surface area contributed by atoms with E-state index in [1.165, 1.54) is 0 Å². The van der Waals surface area contributed by atoms with Gasteiger partial charge in [0, 0.05) is 6.20 Å². The van der Waals surface area contributed by atoms with Gasteiger partial charge in [-0.1, -0.05) is 0 Å². The number of fused-ring (bicyclic) bond motifs is 3. The molecule has 3 rings (SSSR count). The molecule has 6 nitrogen and oxygen atoms in total. The zero-order valence-electron chi connectivity index (χ0n) is 7.50. The molecule has 0 aromatic carbocycles. The first kappa shape index (κ1) is 7.98. The molecule has 0 radical (unpaired) electrons. The fourth-order valence-electron chi connectivity index (χ4n) is 1.62. The number of nitrogens with one attached hydrogen (secondary N) is 3. The number of aromatic nitrogens is 4. The number of H-pyrrole nitrogens is 3. The van der Waals surface area contributed by atoms with Crippen LogP contribution in [0.5, 0.6) is 0 Å². The summed E-state index contributed by atoms with van der Waals surface area (Å²) in [5.41, 5.74) is 1.13. The summed E-state index contributed by atoms with van der Waals surface area (Å²) in [5.74, 6) is 0. The summed E-state index contributed by atoms with van der Waals surface area (Å²) < 4.78 is 0. The largest absolute Gasteiger partial charge is 0.347 e. The van der Waals surface area contributed by atoms with Gasteiger partial charge in [-0.2, -0.15) is 0 Å². The number of hydrogen-bond acceptors (Lipinski definition) is 3. The molecule has 3 aromatic heterocycles. The van der Waals surface area contributed by atoms with Crippen molar-refractivity contribution in [3.05, 3.63) is 39.2 Å². The zero-order chi connectivity index (χ0) is 10.4. The highest BCUT2D eigenvalue weighted by molar-refractivity contribution is 6.01. The average molecular weight is 202 g/mol. The van der Waals surface area contributed by atoms with Gasteiger partial charge in [-0.25, -0.2) is 4.79 Å². The van der Waals surface area contributed by atoms with E-state index in [1.807, 2.05) is 0 Å². The van der Waals surface area contributed by atoms with Gasteiger partial charge < -0.3 is 9.97 Å². The third-order valence-corrected chi connectivity index (χ3v) is 2.25. The van der Waals surface area contributed by atoms with Crippen molar-refractivity contribution in [3.8, 4) is 0 Å². The van der Waals surface area contributed by atoms with Gasteiger partial charge in [0.2, 0.25) is 0 Å². The monoisotopic (exact) mass is 202 g/mol. The fourth-order valence-corrected chi connectivity index (χ4v) is 1.62. The maximum atomic E-state index is 11.4. The van der Waals surface area contributed by atoms with E-state index in [4.69, 9.17) is 0 Å². The molecule has 0 spiro atoms. The number of aromatic amines is 3. The Labute approximate surface area is 82.0 Å². The molecule has 3 aromatic rings. The van der Waals surface area contributed by atoms with Crippen LogP contribution in [0.3, 0.4) is 0 Å². The molecule has 3 heterocycles. The number of rotatable bonds is 0. The lowest BCUT2D eigenvalue weighted by Crippen LogP contribution is -2.21. The molecule has 0 amide bonds. The van der Waals surface area contributed by atoms with E-state index >= 15 is 0 Å². The summed E-state index contributed by atoms with van der Waals surface area (Å²) in [7, 11) is 0. The Balaban J connectivity index is 2.73. The highest BCUT2D eigenvalue weighted by Gasteiger charge is 2.08. The number of pyridine rings is 1. The summed E-state index contributed by atoms with van der Waals surface area (Å²) in [5, 5.41) is 0. The van der Waals surface area contributed by atoms with Crippen LogP contribution in [-0.4, -0.2) is 19.9 Å². The topological polar surface area (TPSA) is 94.4 Å². The molecule has 0 aliphatic heterocycles. The zero-order valence-corrected chi connectivity index (χ0v) is 7.50. The first-order valence-electron chi connectivity index (χ1n) is 4.35. The second kappa shape index (κ2) is 2.57. The minimum absolute atomic E-state index is 0.336. The number of hydrogen-bond donors (Lipinski definition) is 3. The summed E-state index contributed by atoms with van der Waals surface area (Å²) in [6.45, 7) is 0. The van der Waals surface area contributed by atoms with Crippen LogP contribution >= 0.6 is 0 Å². The van der Waals surface area contributed by atoms with Gasteiger partial charge >= 0.3 is 5.69 Å². The molecule has 0 aliphatic carbocycles. The van der Waals surface area contributed by atoms with E-state index in [-0.39, 0.29) is 0 Å². The van der Waals surface area contributed by atoms with Crippen molar-refractivity contribution in [3.63, 3.8) is 0 Å². The Morgan fingerprint density at radius 2 is 1.93 bits per heavy atom. The molecule has 6 heteroatoms. The molecular formula is C9H6N4O2. The maximum Gasteiger partial charge on any atom is 0.326 e. The highest BCUT2D eigenvalue weighted by Crippen LogP contribution is 2.16. The smallest absolute Gasteiger partial charge is 0.326 e. The van der Waals surface area contributed by atoms with Crippen molar-refractivity contribution in [2.45, 2.75) is 0 Å². The quantitative estimate of drug-likeness (QED) is 0.482. The predicted molar refractivity (Wildman–Crippen MR) is 54.8 cm³/mol. The van der Waals surface area contributed by atoms with Crippen LogP contribution in [0.2, 0.25) is 0 Å². The van der Waals surface area contributed by atoms with Crippen molar-refractivity contribution in [2.75, 3.05) is 0 Å². The van der Waals surface area contributed by atoms with Crippen LogP contribution in [-0.2, 0) is 0 Å². The third-order valence-electron chi connectivity index (χ3n) is 2.25. The maximum absolute atomic E-state index is 11.4. The Bertz CT molecular complexity index is 765. The SMILES string of the molecule is O=c1[nH]c(=O)c2[nH]c3cccnc3c2[nH]1. The van der Waals surface area contributed by atoms with Gasteiger partial charge in [-0.15, -0.1) is 0 Å². The Morgan fingerprint density at radius 3 is 2.80 bits per heavy atom. The van der Waals surface area contributed by atoms with Crippen LogP contribution in [0, 0.1) is 0 Å². The van der Waals surface area contributed by atoms with E-state index < -0.39 is 11.2 Å². The second-order valence-corrected chi connectivity index (χ2v) is 3.18. The van der Waals surface area contributed by atoms with E-state index in [0.717, 1.165) is 5.52 Å². The van der Waals surface area contributed by atoms with Gasteiger partial charge in [0.15, 0.2) is 0 Å². The lowest BCUT2D eigenvalue weighted by molar-refractivity contribution is 1.08. The van der Waals surface area contributed by atoms with Crippen LogP contribution in [0.1, 0.15) is 0 Å². The average Bonchev–Trinajstić information content (AvgIpc) is 2.57. The molecule has 74 valence electrons. The lowest BCUT2D eigenvalue weighted by atomic mass is 10.3. The third kappa shape index (κ3) is 1.01. The minimum atomic E-state index is -0.529. The first-order chi connectivity index (χ1) is 7.25. The summed E-state index contributed by atoms with van der Waals surface area (Å²) in [6, 6.07) is 3.55. The highest BCUT2D eigenvalue weighted by atomic mass is 16.2. The minimum Gasteiger partial charge on any atom is -0.347 e. The summed E-state index contributed by atoms with van der Waals surface area (Å²) >= 11 is 0. The van der Waals surface area contributed by atoms with Crippen molar-refractivity contribution in [2.24, 2.45) is 0 Å². The van der Waals surface area contributed by atoms with Crippen LogP contribution in [0.4, 0.5) is 0 Å². The van der Waals surface area contributed by atoms with Gasteiger partial charge in [-0.05, 0) is 12.1 Å². The van der Waals surface area contributed by atoms with Crippen LogP contribution in [0.15, 0.2) is 27.9 Å². The molecule has 15 heavy (non-hydrogen) atoms. The molecule has 0 saturated carbocycles. The van der Waals surface area contributed by atoms with Gasteiger partial charge in [0.25, 0.3) is 5.56 Å². The standard InChI is InChI=1S/C9H6N4O2/c14-8-7-6(12-9(15)13-8)5-4(11-7)2-1-3-10-5/h1-3,11H,(H2,12,13,14,15). The van der Waals surface area contributed by atoms with E-state index in [1.54, 1.807) is 18.3 Å². The molecule has 0 unspecified atom stereocenters. The fraction of sp³-hybridized carbons (Fsp3) is 0. The van der Waals surface area contributed by atoms with E-state index in [2.05, 4.69) is 19.9 Å². The molecule has 0 aliphatic rings. The van der Waals surface area contributed by atoms with Gasteiger partial charge in [0.05, 0.1) is 11.0 Å². The lowest BCUT2D eigenvalue weighted by Gasteiger charge is -1.87. The predicted octanol–water partition coefficient (Wildman–Crippen LogP) is 0.0927. The molecule has 0 saturated heterocycles. The molecule has 0 atom stereocenters. The van der Waals surface area contributed by atoms with Gasteiger partial charge in [-0.3, -0.25) is 14.8 Å². The summed E-state index contributed by atoms with van der Waals surface area (Å²) in [6.07, 6.45) is 1.61. The van der Waals surface area contributed by atoms with Crippen molar-refractivity contribution >= 4 is 22.1 Å². The van der Waals surface area contributed by atoms with Crippen LogP contribution in [0.25, 0.3) is 22.1 Å². The second-order valence-electron chi connectivity index (χ2n) is 3.18. The van der Waals surface area contributed by atoms with Crippen molar-refractivity contribution < 1.29 is 0 Å². The van der Waals surface area contributed by atoms with Crippen molar-refractivity contribution in [1.82, 2.24) is 19.9 Å². The van der Waals surface area contributed by atoms with Crippen LogP contribution < -0.4 is 11.2 Å². The van der Waals surface area contributed by atoms with Gasteiger partial charge in [0.1, 0.15) is 11.0 Å². The van der Waals surface area contributed by atoms with Crippen molar-refractivity contribution in [1.29, 1.82) is 0 Å². The Kier molecular flexibility index (Phi) is 1.37. The van der Waals surface area contributed by atoms with E-state index in [9.17, 15) is 9.59 Å². The Hall–Kier alpha value is -2.37. The van der Waals surface area contributed by atoms with E-state index in [0.29, 0.717) is 16.6 Å². The number of nitrogens with zero attached hydrogens (tertiary/aromatic N) is 1. The molecule has 3 N–H and O–H groups in total. The molecule has 0 bridgehead atoms. The molecular weight excluding hydrogens is 196 g/mol. The normalized spacial score (nSPS) is 11.2. The Morgan fingerprint density at radius 1 is 1.07 bits per heavy atom.